The molecule has 0 aliphatic carbocycles. The van der Waals surface area contributed by atoms with Crippen molar-refractivity contribution in [2.75, 3.05) is 18.0 Å². The number of hydrogen-bond acceptors (Lipinski definition) is 3. The summed E-state index contributed by atoms with van der Waals surface area (Å²) >= 11 is -2.06. The van der Waals surface area contributed by atoms with Gasteiger partial charge in [-0.25, -0.2) is 0 Å². The number of rotatable bonds is 2. The van der Waals surface area contributed by atoms with Crippen LogP contribution in [0.4, 0.5) is 5.82 Å². The molecule has 2 unspecified atom stereocenters. The number of aromatic nitrogens is 1. The Labute approximate surface area is 114 Å². The Morgan fingerprint density at radius 1 is 1.17 bits per heavy atom. The van der Waals surface area contributed by atoms with Gasteiger partial charge in [0.25, 0.3) is 0 Å². The van der Waals surface area contributed by atoms with Crippen LogP contribution in [0.15, 0.2) is 18.2 Å². The van der Waals surface area contributed by atoms with Gasteiger partial charge in [0.05, 0.1) is 0 Å². The SMILES string of the molecule is CC1CN(c2ccc[c]([Sn]([CH3])([CH3])[CH3])n2)CC(C)O1. The molecule has 1 aromatic heterocycles. The van der Waals surface area contributed by atoms with E-state index in [1.165, 1.54) is 3.71 Å². The van der Waals surface area contributed by atoms with Crippen molar-refractivity contribution in [3.63, 3.8) is 0 Å². The van der Waals surface area contributed by atoms with Crippen molar-refractivity contribution in [1.29, 1.82) is 0 Å². The first-order valence-electron chi connectivity index (χ1n) is 6.74. The molecule has 100 valence electrons. The first-order chi connectivity index (χ1) is 8.36. The van der Waals surface area contributed by atoms with E-state index in [0.717, 1.165) is 18.9 Å². The number of hydrogen-bond donors (Lipinski definition) is 0. The normalized spacial score (nSPS) is 25.3. The summed E-state index contributed by atoms with van der Waals surface area (Å²) in [5, 5.41) is 0. The molecule has 1 fully saturated rings. The van der Waals surface area contributed by atoms with Crippen molar-refractivity contribution in [3.8, 4) is 0 Å². The second kappa shape index (κ2) is 5.37. The molecule has 1 aliphatic heterocycles. The van der Waals surface area contributed by atoms with Gasteiger partial charge in [-0.3, -0.25) is 0 Å². The van der Waals surface area contributed by atoms with Crippen molar-refractivity contribution in [3.05, 3.63) is 18.2 Å². The summed E-state index contributed by atoms with van der Waals surface area (Å²) in [5.41, 5.74) is 0. The standard InChI is InChI=1S/C11H15N2O.3CH3.Sn/c1-9-7-13(8-10(2)14-9)11-5-3-4-6-12-11;;;;/h3-5,9-10H,7-8H2,1-2H3;3*1H3;. The first kappa shape index (κ1) is 14.1. The van der Waals surface area contributed by atoms with Gasteiger partial charge >= 0.3 is 115 Å². The predicted molar refractivity (Wildman–Crippen MR) is 79.4 cm³/mol. The van der Waals surface area contributed by atoms with Crippen LogP contribution in [-0.4, -0.2) is 48.7 Å². The minimum absolute atomic E-state index is 0.289. The van der Waals surface area contributed by atoms with Crippen LogP contribution in [-0.2, 0) is 4.74 Å². The molecule has 3 nitrogen and oxygen atoms in total. The zero-order chi connectivity index (χ0) is 13.3. The van der Waals surface area contributed by atoms with Crippen LogP contribution in [0.3, 0.4) is 0 Å². The Balaban J connectivity index is 2.23. The third kappa shape index (κ3) is 3.38. The van der Waals surface area contributed by atoms with Crippen molar-refractivity contribution in [1.82, 2.24) is 4.98 Å². The molecule has 1 aliphatic rings. The van der Waals surface area contributed by atoms with Crippen molar-refractivity contribution >= 4 is 27.9 Å². The van der Waals surface area contributed by atoms with Gasteiger partial charge in [-0.05, 0) is 0 Å². The Morgan fingerprint density at radius 3 is 2.33 bits per heavy atom. The summed E-state index contributed by atoms with van der Waals surface area (Å²) in [6.07, 6.45) is 0.578. The molecule has 1 saturated heterocycles. The van der Waals surface area contributed by atoms with Gasteiger partial charge in [0.2, 0.25) is 0 Å². The molecule has 0 spiro atoms. The number of nitrogens with zero attached hydrogens (tertiary/aromatic N) is 2. The molecule has 2 heterocycles. The van der Waals surface area contributed by atoms with Gasteiger partial charge in [0.15, 0.2) is 0 Å². The number of pyridine rings is 1. The monoisotopic (exact) mass is 356 g/mol. The summed E-state index contributed by atoms with van der Waals surface area (Å²) in [5.74, 6) is 1.13. The van der Waals surface area contributed by atoms with E-state index in [0.29, 0.717) is 0 Å². The van der Waals surface area contributed by atoms with E-state index in [-0.39, 0.29) is 12.2 Å². The summed E-state index contributed by atoms with van der Waals surface area (Å²) in [6, 6.07) is 6.49. The molecule has 0 N–H and O–H groups in total. The van der Waals surface area contributed by atoms with Gasteiger partial charge < -0.3 is 0 Å². The fourth-order valence-corrected chi connectivity index (χ4v) is 5.37. The van der Waals surface area contributed by atoms with Crippen LogP contribution in [0.25, 0.3) is 0 Å². The topological polar surface area (TPSA) is 25.4 Å². The zero-order valence-corrected chi connectivity index (χ0v) is 15.0. The van der Waals surface area contributed by atoms with Crippen LogP contribution < -0.4 is 8.61 Å². The molecule has 0 radical (unpaired) electrons. The van der Waals surface area contributed by atoms with Crippen LogP contribution in [0.1, 0.15) is 13.8 Å². The van der Waals surface area contributed by atoms with E-state index in [4.69, 9.17) is 9.72 Å². The zero-order valence-electron chi connectivity index (χ0n) is 12.1. The van der Waals surface area contributed by atoms with E-state index < -0.39 is 18.4 Å². The Kier molecular flexibility index (Phi) is 4.21. The van der Waals surface area contributed by atoms with Gasteiger partial charge in [-0.2, -0.15) is 0 Å². The van der Waals surface area contributed by atoms with E-state index in [1.54, 1.807) is 0 Å². The van der Waals surface area contributed by atoms with Gasteiger partial charge in [-0.1, -0.05) is 0 Å². The molecule has 1 aromatic rings. The average molecular weight is 355 g/mol. The van der Waals surface area contributed by atoms with E-state index in [9.17, 15) is 0 Å². The van der Waals surface area contributed by atoms with Crippen molar-refractivity contribution in [2.45, 2.75) is 40.9 Å². The summed E-state index contributed by atoms with van der Waals surface area (Å²) in [4.78, 5) is 14.5. The summed E-state index contributed by atoms with van der Waals surface area (Å²) < 4.78 is 7.13. The van der Waals surface area contributed by atoms with Crippen LogP contribution in [0.5, 0.6) is 0 Å². The molecule has 0 amide bonds. The molecule has 2 rings (SSSR count). The predicted octanol–water partition coefficient (Wildman–Crippen LogP) is 2.24. The quantitative estimate of drug-likeness (QED) is 0.761. The number of morpholine rings is 1. The maximum absolute atomic E-state index is 5.78. The summed E-state index contributed by atoms with van der Waals surface area (Å²) in [7, 11) is 0. The molecule has 18 heavy (non-hydrogen) atoms. The van der Waals surface area contributed by atoms with Crippen molar-refractivity contribution in [2.24, 2.45) is 0 Å². The van der Waals surface area contributed by atoms with E-state index in [1.807, 2.05) is 0 Å². The molecule has 2 atom stereocenters. The molecule has 0 bridgehead atoms. The number of ether oxygens (including phenoxy) is 1. The summed E-state index contributed by atoms with van der Waals surface area (Å²) in [6.45, 7) is 6.16. The molecule has 4 heteroatoms. The first-order valence-corrected chi connectivity index (χ1v) is 16.7. The Bertz CT molecular complexity index is 407. The molecular weight excluding hydrogens is 331 g/mol. The van der Waals surface area contributed by atoms with Crippen LogP contribution in [0, 0.1) is 0 Å². The van der Waals surface area contributed by atoms with Gasteiger partial charge in [-0.15, -0.1) is 0 Å². The minimum atomic E-state index is -2.06. The fraction of sp³-hybridized carbons (Fsp3) is 0.643. The molecule has 0 aromatic carbocycles. The third-order valence-corrected chi connectivity index (χ3v) is 8.43. The van der Waals surface area contributed by atoms with Gasteiger partial charge in [0.1, 0.15) is 0 Å². The van der Waals surface area contributed by atoms with Gasteiger partial charge in [0, 0.05) is 0 Å². The van der Waals surface area contributed by atoms with Crippen LogP contribution >= 0.6 is 0 Å². The van der Waals surface area contributed by atoms with E-state index in [2.05, 4.69) is 51.8 Å². The number of anilines is 1. The second-order valence-electron chi connectivity index (χ2n) is 6.29. The Morgan fingerprint density at radius 2 is 1.78 bits per heavy atom. The van der Waals surface area contributed by atoms with Crippen molar-refractivity contribution < 1.29 is 4.74 Å². The van der Waals surface area contributed by atoms with E-state index >= 15 is 0 Å². The molecule has 0 saturated carbocycles. The maximum atomic E-state index is 5.78. The van der Waals surface area contributed by atoms with Crippen LogP contribution in [0.2, 0.25) is 14.8 Å². The fourth-order valence-electron chi connectivity index (χ4n) is 2.38. The second-order valence-corrected chi connectivity index (χ2v) is 20.6. The third-order valence-electron chi connectivity index (χ3n) is 3.25. The Hall–Kier alpha value is -0.291. The average Bonchev–Trinajstić information content (AvgIpc) is 2.27. The molecular formula is C14H24N2OSn.